The molecule has 0 bridgehead atoms. The molecule has 0 aliphatic carbocycles. The van der Waals surface area contributed by atoms with Gasteiger partial charge in [-0.25, -0.2) is 0 Å². The molecule has 0 fully saturated rings. The average Bonchev–Trinajstić information content (AvgIpc) is 2.50. The fourth-order valence-electron chi connectivity index (χ4n) is 0.943. The molecule has 78 valence electrons. The van der Waals surface area contributed by atoms with Gasteiger partial charge in [0.1, 0.15) is 6.54 Å². The van der Waals surface area contributed by atoms with E-state index in [9.17, 15) is 4.79 Å². The van der Waals surface area contributed by atoms with Crippen molar-refractivity contribution < 1.29 is 9.53 Å². The van der Waals surface area contributed by atoms with Crippen LogP contribution in [0, 0.1) is 0 Å². The number of nitrogens with two attached hydrogens (primary N) is 1. The van der Waals surface area contributed by atoms with Gasteiger partial charge in [-0.1, -0.05) is 6.92 Å². The van der Waals surface area contributed by atoms with Crippen LogP contribution in [0.15, 0.2) is 12.4 Å². The molecule has 2 N–H and O–H groups in total. The predicted molar refractivity (Wildman–Crippen MR) is 52.5 cm³/mol. The normalized spacial score (nSPS) is 12.4. The molecule has 1 aromatic heterocycles. The second kappa shape index (κ2) is 4.64. The first-order valence-electron chi connectivity index (χ1n) is 4.59. The molecule has 0 radical (unpaired) electrons. The smallest absolute Gasteiger partial charge is 0.328 e. The number of aromatic nitrogens is 2. The van der Waals surface area contributed by atoms with Crippen LogP contribution in [0.5, 0.6) is 0 Å². The summed E-state index contributed by atoms with van der Waals surface area (Å²) in [7, 11) is 0. The van der Waals surface area contributed by atoms with Crippen LogP contribution in [0.3, 0.4) is 0 Å². The summed E-state index contributed by atoms with van der Waals surface area (Å²) in [5.74, 6) is -0.289. The molecule has 5 heteroatoms. The molecule has 0 saturated carbocycles. The van der Waals surface area contributed by atoms with Crippen molar-refractivity contribution in [2.75, 3.05) is 5.73 Å². The Morgan fingerprint density at radius 2 is 2.50 bits per heavy atom. The minimum atomic E-state index is -0.289. The van der Waals surface area contributed by atoms with E-state index in [2.05, 4.69) is 5.10 Å². The standard InChI is InChI=1S/C9H15N3O2/c1-3-7(2)14-9(13)6-12-5-8(10)4-11-12/h4-5,7H,3,6,10H2,1-2H3. The van der Waals surface area contributed by atoms with Crippen LogP contribution in [0.1, 0.15) is 20.3 Å². The Morgan fingerprint density at radius 1 is 1.79 bits per heavy atom. The third-order valence-corrected chi connectivity index (χ3v) is 1.85. The van der Waals surface area contributed by atoms with Crippen LogP contribution in [-0.4, -0.2) is 21.9 Å². The maximum Gasteiger partial charge on any atom is 0.328 e. The van der Waals surface area contributed by atoms with E-state index in [1.165, 1.54) is 10.9 Å². The van der Waals surface area contributed by atoms with Crippen molar-refractivity contribution in [2.45, 2.75) is 32.9 Å². The van der Waals surface area contributed by atoms with Crippen LogP contribution in [0.2, 0.25) is 0 Å². The Labute approximate surface area is 82.8 Å². The monoisotopic (exact) mass is 197 g/mol. The zero-order chi connectivity index (χ0) is 10.6. The first-order chi connectivity index (χ1) is 6.61. The molecule has 1 atom stereocenters. The van der Waals surface area contributed by atoms with Crippen LogP contribution in [0.25, 0.3) is 0 Å². The molecule has 0 aliphatic rings. The largest absolute Gasteiger partial charge is 0.461 e. The van der Waals surface area contributed by atoms with Gasteiger partial charge in [-0.15, -0.1) is 0 Å². The number of nitrogen functional groups attached to an aromatic ring is 1. The number of anilines is 1. The summed E-state index contributed by atoms with van der Waals surface area (Å²) in [5.41, 5.74) is 5.99. The summed E-state index contributed by atoms with van der Waals surface area (Å²) < 4.78 is 6.53. The fourth-order valence-corrected chi connectivity index (χ4v) is 0.943. The number of esters is 1. The molecule has 0 saturated heterocycles. The van der Waals surface area contributed by atoms with Crippen LogP contribution in [0.4, 0.5) is 5.69 Å². The Balaban J connectivity index is 2.41. The number of hydrogen-bond donors (Lipinski definition) is 1. The van der Waals surface area contributed by atoms with Crippen molar-refractivity contribution in [2.24, 2.45) is 0 Å². The molecular weight excluding hydrogens is 182 g/mol. The van der Waals surface area contributed by atoms with E-state index >= 15 is 0 Å². The second-order valence-corrected chi connectivity index (χ2v) is 3.18. The van der Waals surface area contributed by atoms with Gasteiger partial charge in [-0.2, -0.15) is 5.10 Å². The highest BCUT2D eigenvalue weighted by Gasteiger charge is 2.08. The lowest BCUT2D eigenvalue weighted by Gasteiger charge is -2.10. The zero-order valence-electron chi connectivity index (χ0n) is 8.43. The highest BCUT2D eigenvalue weighted by Crippen LogP contribution is 2.00. The maximum atomic E-state index is 11.3. The highest BCUT2D eigenvalue weighted by atomic mass is 16.5. The van der Waals surface area contributed by atoms with Gasteiger partial charge in [-0.3, -0.25) is 9.48 Å². The van der Waals surface area contributed by atoms with Crippen LogP contribution < -0.4 is 5.73 Å². The average molecular weight is 197 g/mol. The third kappa shape index (κ3) is 3.08. The molecular formula is C9H15N3O2. The zero-order valence-corrected chi connectivity index (χ0v) is 8.43. The number of carbonyl (C=O) groups excluding carboxylic acids is 1. The van der Waals surface area contributed by atoms with Gasteiger partial charge in [0, 0.05) is 6.20 Å². The van der Waals surface area contributed by atoms with Crippen molar-refractivity contribution in [1.29, 1.82) is 0 Å². The Kier molecular flexibility index (Phi) is 3.50. The molecule has 1 unspecified atom stereocenters. The minimum absolute atomic E-state index is 0.0459. The lowest BCUT2D eigenvalue weighted by Crippen LogP contribution is -2.19. The van der Waals surface area contributed by atoms with Gasteiger partial charge in [-0.05, 0) is 13.3 Å². The SMILES string of the molecule is CCC(C)OC(=O)Cn1cc(N)cn1. The van der Waals surface area contributed by atoms with E-state index in [4.69, 9.17) is 10.5 Å². The molecule has 0 spiro atoms. The number of nitrogens with zero attached hydrogens (tertiary/aromatic N) is 2. The molecule has 1 heterocycles. The lowest BCUT2D eigenvalue weighted by atomic mass is 10.3. The molecule has 1 aromatic rings. The molecule has 0 aromatic carbocycles. The fraction of sp³-hybridized carbons (Fsp3) is 0.556. The summed E-state index contributed by atoms with van der Waals surface area (Å²) in [5, 5.41) is 3.88. The van der Waals surface area contributed by atoms with Crippen molar-refractivity contribution in [3.8, 4) is 0 Å². The number of carbonyl (C=O) groups is 1. The molecule has 5 nitrogen and oxygen atoms in total. The van der Waals surface area contributed by atoms with Gasteiger partial charge in [0.15, 0.2) is 0 Å². The summed E-state index contributed by atoms with van der Waals surface area (Å²) in [6.45, 7) is 3.93. The molecule has 1 rings (SSSR count). The van der Waals surface area contributed by atoms with Crippen LogP contribution in [-0.2, 0) is 16.1 Å². The van der Waals surface area contributed by atoms with Gasteiger partial charge in [0.25, 0.3) is 0 Å². The van der Waals surface area contributed by atoms with Gasteiger partial charge < -0.3 is 10.5 Å². The first kappa shape index (κ1) is 10.6. The lowest BCUT2D eigenvalue weighted by molar-refractivity contribution is -0.149. The van der Waals surface area contributed by atoms with E-state index in [-0.39, 0.29) is 18.6 Å². The first-order valence-corrected chi connectivity index (χ1v) is 4.59. The summed E-state index contributed by atoms with van der Waals surface area (Å²) in [6, 6.07) is 0. The van der Waals surface area contributed by atoms with Gasteiger partial charge in [0.2, 0.25) is 0 Å². The quantitative estimate of drug-likeness (QED) is 0.725. The second-order valence-electron chi connectivity index (χ2n) is 3.18. The van der Waals surface area contributed by atoms with Gasteiger partial charge in [0.05, 0.1) is 18.0 Å². The number of hydrogen-bond acceptors (Lipinski definition) is 4. The number of ether oxygens (including phenoxy) is 1. The van der Waals surface area contributed by atoms with E-state index in [1.807, 2.05) is 13.8 Å². The Bertz CT molecular complexity index is 309. The minimum Gasteiger partial charge on any atom is -0.461 e. The summed E-state index contributed by atoms with van der Waals surface area (Å²) in [6.07, 6.45) is 3.86. The van der Waals surface area contributed by atoms with Crippen molar-refractivity contribution >= 4 is 11.7 Å². The molecule has 14 heavy (non-hydrogen) atoms. The Hall–Kier alpha value is -1.52. The number of rotatable bonds is 4. The predicted octanol–water partition coefficient (Wildman–Crippen LogP) is 0.807. The van der Waals surface area contributed by atoms with E-state index < -0.39 is 0 Å². The van der Waals surface area contributed by atoms with Gasteiger partial charge >= 0.3 is 5.97 Å². The van der Waals surface area contributed by atoms with E-state index in [1.54, 1.807) is 6.20 Å². The van der Waals surface area contributed by atoms with Crippen molar-refractivity contribution in [1.82, 2.24) is 9.78 Å². The third-order valence-electron chi connectivity index (χ3n) is 1.85. The molecule has 0 amide bonds. The highest BCUT2D eigenvalue weighted by molar-refractivity contribution is 5.69. The topological polar surface area (TPSA) is 70.1 Å². The van der Waals surface area contributed by atoms with Crippen molar-refractivity contribution in [3.05, 3.63) is 12.4 Å². The maximum absolute atomic E-state index is 11.3. The molecule has 0 aliphatic heterocycles. The van der Waals surface area contributed by atoms with Crippen molar-refractivity contribution in [3.63, 3.8) is 0 Å². The Morgan fingerprint density at radius 3 is 3.00 bits per heavy atom. The van der Waals surface area contributed by atoms with Crippen LogP contribution >= 0.6 is 0 Å². The van der Waals surface area contributed by atoms with E-state index in [0.717, 1.165) is 6.42 Å². The summed E-state index contributed by atoms with van der Waals surface area (Å²) >= 11 is 0. The van der Waals surface area contributed by atoms with E-state index in [0.29, 0.717) is 5.69 Å². The summed E-state index contributed by atoms with van der Waals surface area (Å²) in [4.78, 5) is 11.3.